The van der Waals surface area contributed by atoms with Crippen LogP contribution in [0.3, 0.4) is 0 Å². The van der Waals surface area contributed by atoms with Crippen LogP contribution in [0.5, 0.6) is 11.5 Å². The maximum Gasteiger partial charge on any atom is 0.404 e. The van der Waals surface area contributed by atoms with Crippen molar-refractivity contribution < 1.29 is 19.4 Å². The molecule has 1 aromatic carbocycles. The van der Waals surface area contributed by atoms with Gasteiger partial charge in [-0.3, -0.25) is 19.9 Å². The number of nitro groups is 2. The summed E-state index contributed by atoms with van der Waals surface area (Å²) in [5.74, 6) is -0.288. The summed E-state index contributed by atoms with van der Waals surface area (Å²) in [7, 11) is 0. The lowest BCUT2D eigenvalue weighted by atomic mass is 10.2. The van der Waals surface area contributed by atoms with Gasteiger partial charge in [-0.15, -0.1) is 0 Å². The predicted octanol–water partition coefficient (Wildman–Crippen LogP) is 3.68. The molecule has 0 spiro atoms. The molecule has 1 amide bonds. The van der Waals surface area contributed by atoms with E-state index in [1.54, 1.807) is 18.3 Å². The number of carbonyl (C=O) groups is 1. The molecule has 0 bridgehead atoms. The van der Waals surface area contributed by atoms with Crippen LogP contribution in [0.15, 0.2) is 53.4 Å². The van der Waals surface area contributed by atoms with Gasteiger partial charge in [0, 0.05) is 24.8 Å². The Morgan fingerprint density at radius 3 is 2.63 bits per heavy atom. The number of hydrogen-bond donors (Lipinski definition) is 1. The Morgan fingerprint density at radius 1 is 1.20 bits per heavy atom. The summed E-state index contributed by atoms with van der Waals surface area (Å²) in [5.41, 5.74) is -0.0981. The van der Waals surface area contributed by atoms with Crippen molar-refractivity contribution in [2.75, 3.05) is 5.32 Å². The Hall–Kier alpha value is -3.87. The Labute approximate surface area is 176 Å². The molecule has 154 valence electrons. The second-order valence-corrected chi connectivity index (χ2v) is 6.74. The lowest BCUT2D eigenvalue weighted by molar-refractivity contribution is -0.390. The van der Waals surface area contributed by atoms with Gasteiger partial charge in [0.2, 0.25) is 5.91 Å². The number of rotatable bonds is 8. The summed E-state index contributed by atoms with van der Waals surface area (Å²) in [6.45, 7) is 0.0756. The Balaban J connectivity index is 1.70. The van der Waals surface area contributed by atoms with Crippen molar-refractivity contribution >= 4 is 39.0 Å². The minimum Gasteiger partial charge on any atom is -0.455 e. The molecule has 2 aromatic heterocycles. The highest BCUT2D eigenvalue weighted by Crippen LogP contribution is 2.29. The van der Waals surface area contributed by atoms with Crippen LogP contribution in [0.2, 0.25) is 0 Å². The second kappa shape index (κ2) is 9.09. The van der Waals surface area contributed by atoms with Gasteiger partial charge in [0.1, 0.15) is 16.0 Å². The van der Waals surface area contributed by atoms with E-state index < -0.39 is 15.8 Å². The van der Waals surface area contributed by atoms with Crippen LogP contribution < -0.4 is 10.1 Å². The average molecular weight is 477 g/mol. The van der Waals surface area contributed by atoms with E-state index in [1.165, 1.54) is 35.3 Å². The Morgan fingerprint density at radius 2 is 2.00 bits per heavy atom. The molecule has 3 rings (SSSR count). The van der Waals surface area contributed by atoms with E-state index in [2.05, 4.69) is 31.3 Å². The van der Waals surface area contributed by atoms with Gasteiger partial charge >= 0.3 is 5.82 Å². The molecule has 0 atom stereocenters. The zero-order chi connectivity index (χ0) is 21.7. The third-order valence-electron chi connectivity index (χ3n) is 3.70. The zero-order valence-corrected chi connectivity index (χ0v) is 16.7. The Kier molecular flexibility index (Phi) is 6.32. The molecule has 12 nitrogen and oxygen atoms in total. The lowest BCUT2D eigenvalue weighted by Gasteiger charge is -2.09. The van der Waals surface area contributed by atoms with Crippen molar-refractivity contribution in [1.29, 1.82) is 0 Å². The van der Waals surface area contributed by atoms with E-state index in [4.69, 9.17) is 4.74 Å². The first-order chi connectivity index (χ1) is 14.3. The molecule has 0 aliphatic carbocycles. The highest BCUT2D eigenvalue weighted by Gasteiger charge is 2.19. The van der Waals surface area contributed by atoms with E-state index in [1.807, 2.05) is 0 Å². The number of non-ortho nitro benzene ring substituents is 1. The van der Waals surface area contributed by atoms with Gasteiger partial charge in [0.15, 0.2) is 0 Å². The molecular weight excluding hydrogens is 464 g/mol. The van der Waals surface area contributed by atoms with E-state index in [0.717, 1.165) is 0 Å². The lowest BCUT2D eigenvalue weighted by Crippen LogP contribution is -2.15. The number of benzene rings is 1. The van der Waals surface area contributed by atoms with Gasteiger partial charge in [0.05, 0.1) is 40.7 Å². The summed E-state index contributed by atoms with van der Waals surface area (Å²) in [4.78, 5) is 36.9. The maximum atomic E-state index is 12.2. The molecule has 0 saturated heterocycles. The molecule has 0 fully saturated rings. The minimum absolute atomic E-state index is 0.0627. The number of amides is 1. The number of ether oxygens (including phenoxy) is 1. The van der Waals surface area contributed by atoms with Gasteiger partial charge in [0.25, 0.3) is 5.69 Å². The monoisotopic (exact) mass is 476 g/mol. The number of pyridine rings is 1. The van der Waals surface area contributed by atoms with E-state index >= 15 is 0 Å². The van der Waals surface area contributed by atoms with Crippen LogP contribution in [-0.2, 0) is 11.3 Å². The molecular formula is C17H13BrN6O6. The number of nitrogens with one attached hydrogen (secondary N) is 1. The topological polar surface area (TPSA) is 155 Å². The van der Waals surface area contributed by atoms with Crippen LogP contribution in [0.1, 0.15) is 6.42 Å². The SMILES string of the molecule is O=C(CCn1cc(Br)c([N+](=O)[O-])n1)Nc1cc(Oc2cccnc2)cc([N+](=O)[O-])c1. The van der Waals surface area contributed by atoms with E-state index in [-0.39, 0.29) is 40.4 Å². The van der Waals surface area contributed by atoms with Crippen molar-refractivity contribution in [2.24, 2.45) is 0 Å². The van der Waals surface area contributed by atoms with Gasteiger partial charge in [-0.1, -0.05) is 0 Å². The van der Waals surface area contributed by atoms with Gasteiger partial charge in [-0.2, -0.15) is 4.68 Å². The number of carbonyl (C=O) groups excluding carboxylic acids is 1. The fourth-order valence-corrected chi connectivity index (χ4v) is 2.89. The first-order valence-electron chi connectivity index (χ1n) is 8.36. The van der Waals surface area contributed by atoms with E-state index in [0.29, 0.717) is 5.75 Å². The fourth-order valence-electron chi connectivity index (χ4n) is 2.43. The molecule has 3 aromatic rings. The minimum atomic E-state index is -0.645. The summed E-state index contributed by atoms with van der Waals surface area (Å²) in [5, 5.41) is 28.3. The number of anilines is 1. The number of halogens is 1. The van der Waals surface area contributed by atoms with Gasteiger partial charge in [-0.25, -0.2) is 0 Å². The smallest absolute Gasteiger partial charge is 0.404 e. The highest BCUT2D eigenvalue weighted by molar-refractivity contribution is 9.10. The number of hydrogen-bond acceptors (Lipinski definition) is 8. The van der Waals surface area contributed by atoms with Crippen molar-refractivity contribution in [3.63, 3.8) is 0 Å². The van der Waals surface area contributed by atoms with Crippen LogP contribution in [-0.4, -0.2) is 30.5 Å². The zero-order valence-electron chi connectivity index (χ0n) is 15.1. The summed E-state index contributed by atoms with van der Waals surface area (Å²) in [6.07, 6.45) is 4.32. The molecule has 1 N–H and O–H groups in total. The first-order valence-corrected chi connectivity index (χ1v) is 9.15. The number of nitro benzene ring substituents is 1. The maximum absolute atomic E-state index is 12.2. The molecule has 0 saturated carbocycles. The molecule has 0 unspecified atom stereocenters. The van der Waals surface area contributed by atoms with Crippen LogP contribution in [0.25, 0.3) is 0 Å². The van der Waals surface area contributed by atoms with Crippen LogP contribution >= 0.6 is 15.9 Å². The third-order valence-corrected chi connectivity index (χ3v) is 4.26. The van der Waals surface area contributed by atoms with Crippen molar-refractivity contribution in [3.8, 4) is 11.5 Å². The Bertz CT molecular complexity index is 1100. The fraction of sp³-hybridized carbons (Fsp3) is 0.118. The number of nitrogens with zero attached hydrogens (tertiary/aromatic N) is 5. The van der Waals surface area contributed by atoms with Crippen molar-refractivity contribution in [1.82, 2.24) is 14.8 Å². The van der Waals surface area contributed by atoms with E-state index in [9.17, 15) is 25.0 Å². The van der Waals surface area contributed by atoms with Crippen LogP contribution in [0, 0.1) is 20.2 Å². The quantitative estimate of drug-likeness (QED) is 0.381. The molecule has 0 radical (unpaired) electrons. The number of aromatic nitrogens is 3. The highest BCUT2D eigenvalue weighted by atomic mass is 79.9. The van der Waals surface area contributed by atoms with Crippen molar-refractivity contribution in [2.45, 2.75) is 13.0 Å². The molecule has 13 heteroatoms. The standard InChI is InChI=1S/C17H13BrN6O6/c18-15-10-22(21-17(15)24(28)29)5-3-16(25)20-11-6-12(23(26)27)8-14(7-11)30-13-2-1-4-19-9-13/h1-2,4,6-10H,3,5H2,(H,20,25). The summed E-state index contributed by atoms with van der Waals surface area (Å²) in [6, 6.07) is 7.14. The number of aryl methyl sites for hydroxylation is 1. The normalized spacial score (nSPS) is 10.4. The largest absolute Gasteiger partial charge is 0.455 e. The van der Waals surface area contributed by atoms with Gasteiger partial charge in [-0.05, 0) is 33.0 Å². The second-order valence-electron chi connectivity index (χ2n) is 5.88. The summed E-state index contributed by atoms with van der Waals surface area (Å²) >= 11 is 3.03. The molecule has 2 heterocycles. The van der Waals surface area contributed by atoms with Crippen molar-refractivity contribution in [3.05, 3.63) is 73.6 Å². The molecule has 0 aliphatic rings. The average Bonchev–Trinajstić information content (AvgIpc) is 3.08. The predicted molar refractivity (Wildman–Crippen MR) is 107 cm³/mol. The van der Waals surface area contributed by atoms with Gasteiger partial charge < -0.3 is 20.2 Å². The first kappa shape index (κ1) is 20.9. The third kappa shape index (κ3) is 5.35. The van der Waals surface area contributed by atoms with Crippen LogP contribution in [0.4, 0.5) is 17.2 Å². The molecule has 0 aliphatic heterocycles. The molecule has 30 heavy (non-hydrogen) atoms. The summed E-state index contributed by atoms with van der Waals surface area (Å²) < 4.78 is 7.01.